The van der Waals surface area contributed by atoms with E-state index in [4.69, 9.17) is 4.74 Å². The summed E-state index contributed by atoms with van der Waals surface area (Å²) < 4.78 is 20.5. The normalized spacial score (nSPS) is 12.5. The first-order valence-corrected chi connectivity index (χ1v) is 12.3. The third-order valence-corrected chi connectivity index (χ3v) is 6.03. The van der Waals surface area contributed by atoms with Gasteiger partial charge in [0.2, 0.25) is 0 Å². The van der Waals surface area contributed by atoms with E-state index in [1.807, 2.05) is 18.2 Å². The Hall–Kier alpha value is -2.71. The van der Waals surface area contributed by atoms with E-state index in [0.29, 0.717) is 18.1 Å². The highest BCUT2D eigenvalue weighted by molar-refractivity contribution is 5.89. The Morgan fingerprint density at radius 3 is 2.58 bits per heavy atom. The lowest BCUT2D eigenvalue weighted by atomic mass is 9.98. The highest BCUT2D eigenvalue weighted by Crippen LogP contribution is 2.28. The molecule has 3 aromatic carbocycles. The van der Waals surface area contributed by atoms with Crippen molar-refractivity contribution in [2.45, 2.75) is 64.9 Å². The first-order valence-electron chi connectivity index (χ1n) is 12.3. The van der Waals surface area contributed by atoms with Crippen LogP contribution in [0, 0.1) is 5.82 Å². The maximum atomic E-state index is 14.6. The third kappa shape index (κ3) is 7.68. The summed E-state index contributed by atoms with van der Waals surface area (Å²) in [6, 6.07) is 18.0. The molecular formula is C31H37FO. The molecule has 0 aliphatic rings. The zero-order valence-electron chi connectivity index (χ0n) is 20.2. The lowest BCUT2D eigenvalue weighted by Crippen LogP contribution is -2.08. The second kappa shape index (κ2) is 13.1. The SMILES string of the molecule is C=CCc1ccc(-c2ccc3cc(/C=C/CCCC(C)OCCCCC)ccc3c2)c(F)c1. The van der Waals surface area contributed by atoms with E-state index in [0.717, 1.165) is 42.4 Å². The Morgan fingerprint density at radius 2 is 1.79 bits per heavy atom. The summed E-state index contributed by atoms with van der Waals surface area (Å²) in [5.74, 6) is -0.186. The number of hydrogen-bond donors (Lipinski definition) is 0. The number of halogens is 1. The van der Waals surface area contributed by atoms with Crippen LogP contribution < -0.4 is 0 Å². The Bertz CT molecular complexity index is 1070. The Kier molecular flexibility index (Phi) is 9.90. The van der Waals surface area contributed by atoms with Gasteiger partial charge in [-0.1, -0.05) is 74.4 Å². The number of fused-ring (bicyclic) bond motifs is 1. The van der Waals surface area contributed by atoms with Gasteiger partial charge in [0, 0.05) is 12.2 Å². The van der Waals surface area contributed by atoms with Gasteiger partial charge in [-0.25, -0.2) is 4.39 Å². The van der Waals surface area contributed by atoms with E-state index < -0.39 is 0 Å². The summed E-state index contributed by atoms with van der Waals surface area (Å²) in [5, 5.41) is 2.28. The zero-order chi connectivity index (χ0) is 23.5. The molecule has 174 valence electrons. The summed E-state index contributed by atoms with van der Waals surface area (Å²) in [5.41, 5.74) is 3.67. The van der Waals surface area contributed by atoms with Crippen LogP contribution in [-0.2, 0) is 11.2 Å². The zero-order valence-corrected chi connectivity index (χ0v) is 20.2. The minimum atomic E-state index is -0.186. The summed E-state index contributed by atoms with van der Waals surface area (Å²) in [6.07, 6.45) is 14.2. The van der Waals surface area contributed by atoms with Crippen molar-refractivity contribution in [2.24, 2.45) is 0 Å². The van der Waals surface area contributed by atoms with Gasteiger partial charge in [-0.15, -0.1) is 6.58 Å². The number of allylic oxidation sites excluding steroid dienone is 2. The standard InChI is InChI=1S/C31H37FO/c1-4-6-10-20-33-24(3)12-8-7-9-13-26-14-16-28-23-29(18-17-27(28)21-26)30-19-15-25(11-5-2)22-31(30)32/h5,9,13-19,21-24H,2,4,6-8,10-12,20H2,1,3H3/b13-9+. The van der Waals surface area contributed by atoms with Crippen molar-refractivity contribution in [1.82, 2.24) is 0 Å². The molecule has 0 amide bonds. The molecular weight excluding hydrogens is 407 g/mol. The quantitative estimate of drug-likeness (QED) is 0.189. The number of unbranched alkanes of at least 4 members (excludes halogenated alkanes) is 3. The summed E-state index contributed by atoms with van der Waals surface area (Å²) >= 11 is 0. The van der Waals surface area contributed by atoms with Gasteiger partial charge in [0.15, 0.2) is 0 Å². The predicted octanol–water partition coefficient (Wildman–Crippen LogP) is 9.15. The average molecular weight is 445 g/mol. The van der Waals surface area contributed by atoms with Crippen molar-refractivity contribution < 1.29 is 9.13 Å². The van der Waals surface area contributed by atoms with Crippen LogP contribution >= 0.6 is 0 Å². The van der Waals surface area contributed by atoms with E-state index >= 15 is 0 Å². The van der Waals surface area contributed by atoms with Gasteiger partial charge in [0.1, 0.15) is 5.82 Å². The number of benzene rings is 3. The summed E-state index contributed by atoms with van der Waals surface area (Å²) in [4.78, 5) is 0. The summed E-state index contributed by atoms with van der Waals surface area (Å²) in [6.45, 7) is 9.00. The maximum absolute atomic E-state index is 14.6. The third-order valence-electron chi connectivity index (χ3n) is 6.03. The minimum Gasteiger partial charge on any atom is -0.379 e. The molecule has 3 aromatic rings. The number of hydrogen-bond acceptors (Lipinski definition) is 1. The maximum Gasteiger partial charge on any atom is 0.131 e. The molecule has 0 spiro atoms. The topological polar surface area (TPSA) is 9.23 Å². The van der Waals surface area contributed by atoms with Gasteiger partial charge in [-0.2, -0.15) is 0 Å². The Balaban J connectivity index is 1.56. The fraction of sp³-hybridized carbons (Fsp3) is 0.355. The predicted molar refractivity (Wildman–Crippen MR) is 141 cm³/mol. The van der Waals surface area contributed by atoms with Gasteiger partial charge in [-0.05, 0) is 84.7 Å². The number of rotatable bonds is 13. The van der Waals surface area contributed by atoms with Crippen molar-refractivity contribution in [1.29, 1.82) is 0 Å². The number of ether oxygens (including phenoxy) is 1. The van der Waals surface area contributed by atoms with Crippen molar-refractivity contribution >= 4 is 16.8 Å². The molecule has 0 N–H and O–H groups in total. The van der Waals surface area contributed by atoms with Crippen LogP contribution in [0.2, 0.25) is 0 Å². The molecule has 0 radical (unpaired) electrons. The average Bonchev–Trinajstić information content (AvgIpc) is 2.81. The van der Waals surface area contributed by atoms with E-state index in [1.54, 1.807) is 12.1 Å². The first kappa shape index (κ1) is 24.9. The van der Waals surface area contributed by atoms with Crippen molar-refractivity contribution in [3.8, 4) is 11.1 Å². The first-order chi connectivity index (χ1) is 16.1. The van der Waals surface area contributed by atoms with E-state index in [-0.39, 0.29) is 5.82 Å². The smallest absolute Gasteiger partial charge is 0.131 e. The molecule has 0 saturated carbocycles. The highest BCUT2D eigenvalue weighted by atomic mass is 19.1. The molecule has 0 fully saturated rings. The molecule has 0 aromatic heterocycles. The van der Waals surface area contributed by atoms with Crippen LogP contribution in [0.25, 0.3) is 28.0 Å². The fourth-order valence-electron chi connectivity index (χ4n) is 4.08. The van der Waals surface area contributed by atoms with Crippen LogP contribution in [0.3, 0.4) is 0 Å². The molecule has 0 aliphatic heterocycles. The second-order valence-corrected chi connectivity index (χ2v) is 8.85. The van der Waals surface area contributed by atoms with E-state index in [2.05, 4.69) is 62.9 Å². The van der Waals surface area contributed by atoms with Gasteiger partial charge in [0.25, 0.3) is 0 Å². The van der Waals surface area contributed by atoms with Crippen LogP contribution in [0.15, 0.2) is 73.3 Å². The van der Waals surface area contributed by atoms with E-state index in [9.17, 15) is 4.39 Å². The van der Waals surface area contributed by atoms with Gasteiger partial charge < -0.3 is 4.74 Å². The molecule has 1 unspecified atom stereocenters. The second-order valence-electron chi connectivity index (χ2n) is 8.85. The molecule has 33 heavy (non-hydrogen) atoms. The molecule has 3 rings (SSSR count). The lowest BCUT2D eigenvalue weighted by molar-refractivity contribution is 0.0566. The van der Waals surface area contributed by atoms with Crippen LogP contribution in [0.1, 0.15) is 63.5 Å². The fourth-order valence-corrected chi connectivity index (χ4v) is 4.08. The molecule has 0 saturated heterocycles. The van der Waals surface area contributed by atoms with E-state index in [1.165, 1.54) is 30.2 Å². The Labute approximate surface area is 199 Å². The van der Waals surface area contributed by atoms with Gasteiger partial charge in [0.05, 0.1) is 6.10 Å². The van der Waals surface area contributed by atoms with Crippen molar-refractivity contribution in [3.05, 3.63) is 90.3 Å². The molecule has 0 heterocycles. The highest BCUT2D eigenvalue weighted by Gasteiger charge is 2.07. The van der Waals surface area contributed by atoms with Crippen LogP contribution in [0.4, 0.5) is 4.39 Å². The van der Waals surface area contributed by atoms with Gasteiger partial charge in [-0.3, -0.25) is 0 Å². The van der Waals surface area contributed by atoms with Crippen molar-refractivity contribution in [3.63, 3.8) is 0 Å². The molecule has 1 nitrogen and oxygen atoms in total. The van der Waals surface area contributed by atoms with Gasteiger partial charge >= 0.3 is 0 Å². The monoisotopic (exact) mass is 444 g/mol. The molecule has 1 atom stereocenters. The summed E-state index contributed by atoms with van der Waals surface area (Å²) in [7, 11) is 0. The molecule has 2 heteroatoms. The van der Waals surface area contributed by atoms with Crippen LogP contribution in [0.5, 0.6) is 0 Å². The van der Waals surface area contributed by atoms with Crippen LogP contribution in [-0.4, -0.2) is 12.7 Å². The largest absolute Gasteiger partial charge is 0.379 e. The minimum absolute atomic E-state index is 0.186. The Morgan fingerprint density at radius 1 is 0.970 bits per heavy atom. The molecule has 0 aliphatic carbocycles. The molecule has 0 bridgehead atoms. The lowest BCUT2D eigenvalue weighted by Gasteiger charge is -2.12. The van der Waals surface area contributed by atoms with Crippen molar-refractivity contribution in [2.75, 3.05) is 6.61 Å².